The molecule has 0 bridgehead atoms. The molecule has 0 amide bonds. The zero-order chi connectivity index (χ0) is 11.8. The molecule has 3 nitrogen and oxygen atoms in total. The number of hydrogen-bond acceptors (Lipinski definition) is 3. The molecule has 1 fully saturated rings. The normalized spacial score (nSPS) is 22.0. The SMILES string of the molecule is CCCCN1CCCC(OC(=O)CCC)C1. The van der Waals surface area contributed by atoms with Crippen LogP contribution in [0, 0.1) is 0 Å². The van der Waals surface area contributed by atoms with Crippen LogP contribution in [0.25, 0.3) is 0 Å². The molecule has 0 aliphatic carbocycles. The van der Waals surface area contributed by atoms with E-state index in [1.54, 1.807) is 0 Å². The van der Waals surface area contributed by atoms with E-state index in [1.165, 1.54) is 19.4 Å². The second-order valence-corrected chi connectivity index (χ2v) is 4.66. The van der Waals surface area contributed by atoms with Crippen LogP contribution in [0.4, 0.5) is 0 Å². The second-order valence-electron chi connectivity index (χ2n) is 4.66. The molecule has 3 heteroatoms. The number of ether oxygens (including phenoxy) is 1. The van der Waals surface area contributed by atoms with Gasteiger partial charge < -0.3 is 4.74 Å². The average molecular weight is 227 g/mol. The number of carbonyl (C=O) groups excluding carboxylic acids is 1. The maximum atomic E-state index is 11.4. The first kappa shape index (κ1) is 13.5. The lowest BCUT2D eigenvalue weighted by Crippen LogP contribution is -2.40. The van der Waals surface area contributed by atoms with Crippen molar-refractivity contribution in [3.8, 4) is 0 Å². The molecule has 0 aromatic heterocycles. The molecular formula is C13H25NO2. The Hall–Kier alpha value is -0.570. The topological polar surface area (TPSA) is 29.5 Å². The van der Waals surface area contributed by atoms with Crippen LogP contribution in [0.2, 0.25) is 0 Å². The van der Waals surface area contributed by atoms with Crippen LogP contribution in [0.15, 0.2) is 0 Å². The number of likely N-dealkylation sites (tertiary alicyclic amines) is 1. The van der Waals surface area contributed by atoms with E-state index in [2.05, 4.69) is 11.8 Å². The highest BCUT2D eigenvalue weighted by molar-refractivity contribution is 5.69. The number of piperidine rings is 1. The van der Waals surface area contributed by atoms with Crippen molar-refractivity contribution < 1.29 is 9.53 Å². The summed E-state index contributed by atoms with van der Waals surface area (Å²) in [5.41, 5.74) is 0. The summed E-state index contributed by atoms with van der Waals surface area (Å²) in [6.45, 7) is 7.48. The Balaban J connectivity index is 2.24. The van der Waals surface area contributed by atoms with Gasteiger partial charge in [0.15, 0.2) is 0 Å². The van der Waals surface area contributed by atoms with Crippen molar-refractivity contribution in [3.05, 3.63) is 0 Å². The molecule has 1 saturated heterocycles. The molecule has 0 N–H and O–H groups in total. The number of rotatable bonds is 6. The molecule has 1 aliphatic rings. The van der Waals surface area contributed by atoms with E-state index in [0.717, 1.165) is 32.4 Å². The molecule has 94 valence electrons. The maximum absolute atomic E-state index is 11.4. The van der Waals surface area contributed by atoms with Gasteiger partial charge in [-0.2, -0.15) is 0 Å². The van der Waals surface area contributed by atoms with Crippen molar-refractivity contribution in [1.29, 1.82) is 0 Å². The summed E-state index contributed by atoms with van der Waals surface area (Å²) in [5.74, 6) is -0.0233. The predicted molar refractivity (Wildman–Crippen MR) is 65.4 cm³/mol. The summed E-state index contributed by atoms with van der Waals surface area (Å²) < 4.78 is 5.46. The zero-order valence-electron chi connectivity index (χ0n) is 10.7. The summed E-state index contributed by atoms with van der Waals surface area (Å²) in [4.78, 5) is 13.8. The van der Waals surface area contributed by atoms with Gasteiger partial charge in [-0.15, -0.1) is 0 Å². The monoisotopic (exact) mass is 227 g/mol. The smallest absolute Gasteiger partial charge is 0.306 e. The van der Waals surface area contributed by atoms with Crippen molar-refractivity contribution in [2.24, 2.45) is 0 Å². The Morgan fingerprint density at radius 2 is 2.19 bits per heavy atom. The lowest BCUT2D eigenvalue weighted by atomic mass is 10.1. The van der Waals surface area contributed by atoms with Gasteiger partial charge in [-0.1, -0.05) is 20.3 Å². The minimum absolute atomic E-state index is 0.0233. The van der Waals surface area contributed by atoms with Gasteiger partial charge in [-0.25, -0.2) is 0 Å². The Kier molecular flexibility index (Phi) is 6.46. The first-order valence-electron chi connectivity index (χ1n) is 6.68. The Morgan fingerprint density at radius 1 is 1.38 bits per heavy atom. The summed E-state index contributed by atoms with van der Waals surface area (Å²) in [6.07, 6.45) is 6.26. The molecule has 1 heterocycles. The first-order chi connectivity index (χ1) is 7.76. The number of carbonyl (C=O) groups is 1. The third kappa shape index (κ3) is 4.97. The number of esters is 1. The molecule has 0 radical (unpaired) electrons. The van der Waals surface area contributed by atoms with Gasteiger partial charge in [-0.3, -0.25) is 9.69 Å². The summed E-state index contributed by atoms with van der Waals surface area (Å²) in [6, 6.07) is 0. The largest absolute Gasteiger partial charge is 0.461 e. The molecule has 0 spiro atoms. The molecule has 16 heavy (non-hydrogen) atoms. The third-order valence-electron chi connectivity index (χ3n) is 3.04. The van der Waals surface area contributed by atoms with E-state index in [1.807, 2.05) is 6.92 Å². The van der Waals surface area contributed by atoms with Gasteiger partial charge >= 0.3 is 5.97 Å². The van der Waals surface area contributed by atoms with Crippen LogP contribution >= 0.6 is 0 Å². The Morgan fingerprint density at radius 3 is 2.88 bits per heavy atom. The Labute approximate surface area is 99.1 Å². The zero-order valence-corrected chi connectivity index (χ0v) is 10.7. The summed E-state index contributed by atoms with van der Waals surface area (Å²) in [7, 11) is 0. The molecule has 1 atom stereocenters. The highest BCUT2D eigenvalue weighted by Crippen LogP contribution is 2.14. The van der Waals surface area contributed by atoms with Crippen LogP contribution in [0.5, 0.6) is 0 Å². The lowest BCUT2D eigenvalue weighted by Gasteiger charge is -2.32. The van der Waals surface area contributed by atoms with Crippen molar-refractivity contribution in [3.63, 3.8) is 0 Å². The average Bonchev–Trinajstić information content (AvgIpc) is 2.27. The second kappa shape index (κ2) is 7.66. The van der Waals surface area contributed by atoms with Gasteiger partial charge in [0.1, 0.15) is 6.10 Å². The number of unbranched alkanes of at least 4 members (excludes halogenated alkanes) is 1. The van der Waals surface area contributed by atoms with E-state index < -0.39 is 0 Å². The summed E-state index contributed by atoms with van der Waals surface area (Å²) in [5, 5.41) is 0. The van der Waals surface area contributed by atoms with E-state index >= 15 is 0 Å². The first-order valence-corrected chi connectivity index (χ1v) is 6.68. The van der Waals surface area contributed by atoms with Crippen molar-refractivity contribution in [1.82, 2.24) is 4.90 Å². The maximum Gasteiger partial charge on any atom is 0.306 e. The fraction of sp³-hybridized carbons (Fsp3) is 0.923. The van der Waals surface area contributed by atoms with E-state index in [9.17, 15) is 4.79 Å². The van der Waals surface area contributed by atoms with Crippen LogP contribution in [0.3, 0.4) is 0 Å². The number of nitrogens with zero attached hydrogens (tertiary/aromatic N) is 1. The molecular weight excluding hydrogens is 202 g/mol. The summed E-state index contributed by atoms with van der Waals surface area (Å²) >= 11 is 0. The third-order valence-corrected chi connectivity index (χ3v) is 3.04. The van der Waals surface area contributed by atoms with Gasteiger partial charge in [0, 0.05) is 13.0 Å². The van der Waals surface area contributed by atoms with Crippen LogP contribution in [-0.2, 0) is 9.53 Å². The van der Waals surface area contributed by atoms with Gasteiger partial charge in [-0.05, 0) is 38.8 Å². The molecule has 1 unspecified atom stereocenters. The van der Waals surface area contributed by atoms with E-state index in [0.29, 0.717) is 6.42 Å². The quantitative estimate of drug-likeness (QED) is 0.653. The highest BCUT2D eigenvalue weighted by Gasteiger charge is 2.22. The van der Waals surface area contributed by atoms with Crippen LogP contribution in [0.1, 0.15) is 52.4 Å². The molecule has 0 saturated carbocycles. The molecule has 0 aromatic rings. The molecule has 0 aromatic carbocycles. The van der Waals surface area contributed by atoms with E-state index in [4.69, 9.17) is 4.74 Å². The standard InChI is InChI=1S/C13H25NO2/c1-3-5-9-14-10-6-8-12(11-14)16-13(15)7-4-2/h12H,3-11H2,1-2H3. The predicted octanol–water partition coefficient (Wildman–Crippen LogP) is 2.59. The minimum atomic E-state index is -0.0233. The number of hydrogen-bond donors (Lipinski definition) is 0. The fourth-order valence-electron chi connectivity index (χ4n) is 2.14. The van der Waals surface area contributed by atoms with Crippen LogP contribution < -0.4 is 0 Å². The van der Waals surface area contributed by atoms with Gasteiger partial charge in [0.25, 0.3) is 0 Å². The fourth-order valence-corrected chi connectivity index (χ4v) is 2.14. The van der Waals surface area contributed by atoms with Gasteiger partial charge in [0.05, 0.1) is 0 Å². The van der Waals surface area contributed by atoms with E-state index in [-0.39, 0.29) is 12.1 Å². The van der Waals surface area contributed by atoms with Crippen molar-refractivity contribution in [2.45, 2.75) is 58.5 Å². The highest BCUT2D eigenvalue weighted by atomic mass is 16.5. The lowest BCUT2D eigenvalue weighted by molar-refractivity contribution is -0.151. The minimum Gasteiger partial charge on any atom is -0.461 e. The molecule has 1 aliphatic heterocycles. The van der Waals surface area contributed by atoms with Crippen LogP contribution in [-0.4, -0.2) is 36.6 Å². The van der Waals surface area contributed by atoms with Gasteiger partial charge in [0.2, 0.25) is 0 Å². The van der Waals surface area contributed by atoms with Crippen molar-refractivity contribution >= 4 is 5.97 Å². The Bertz CT molecular complexity index is 206. The molecule has 1 rings (SSSR count). The van der Waals surface area contributed by atoms with Crippen molar-refractivity contribution in [2.75, 3.05) is 19.6 Å².